The van der Waals surface area contributed by atoms with Gasteiger partial charge in [-0.2, -0.15) is 0 Å². The molecule has 0 spiro atoms. The van der Waals surface area contributed by atoms with Gasteiger partial charge in [0.15, 0.2) is 11.5 Å². The van der Waals surface area contributed by atoms with Crippen LogP contribution in [0.4, 0.5) is 0 Å². The van der Waals surface area contributed by atoms with Gasteiger partial charge in [0.1, 0.15) is 0 Å². The van der Waals surface area contributed by atoms with Crippen molar-refractivity contribution in [1.82, 2.24) is 5.32 Å². The summed E-state index contributed by atoms with van der Waals surface area (Å²) in [5.41, 5.74) is 1.00. The van der Waals surface area contributed by atoms with Gasteiger partial charge in [-0.25, -0.2) is 0 Å². The fourth-order valence-corrected chi connectivity index (χ4v) is 2.04. The minimum Gasteiger partial charge on any atom is -0.490 e. The van der Waals surface area contributed by atoms with E-state index in [2.05, 4.69) is 5.32 Å². The molecule has 1 aromatic carbocycles. The number of nitrogens with one attached hydrogen (secondary N) is 1. The molecule has 0 aliphatic rings. The highest BCUT2D eigenvalue weighted by Gasteiger charge is 2.12. The summed E-state index contributed by atoms with van der Waals surface area (Å²) < 4.78 is 11.2. The summed E-state index contributed by atoms with van der Waals surface area (Å²) >= 11 is 6.27. The monoisotopic (exact) mass is 301 g/mol. The van der Waals surface area contributed by atoms with Crippen LogP contribution in [0.2, 0.25) is 5.02 Å². The van der Waals surface area contributed by atoms with Crippen LogP contribution < -0.4 is 14.8 Å². The fraction of sp³-hybridized carbons (Fsp3) is 0.600. The van der Waals surface area contributed by atoms with Crippen molar-refractivity contribution in [1.29, 1.82) is 0 Å². The fourth-order valence-electron chi connectivity index (χ4n) is 1.76. The number of benzene rings is 1. The summed E-state index contributed by atoms with van der Waals surface area (Å²) in [5.74, 6) is 1.27. The molecule has 5 heteroatoms. The highest BCUT2D eigenvalue weighted by Crippen LogP contribution is 2.36. The minimum atomic E-state index is -0.371. The first kappa shape index (κ1) is 17.1. The van der Waals surface area contributed by atoms with Crippen molar-refractivity contribution in [2.45, 2.75) is 39.8 Å². The van der Waals surface area contributed by atoms with Crippen molar-refractivity contribution in [2.24, 2.45) is 0 Å². The van der Waals surface area contributed by atoms with Crippen LogP contribution >= 0.6 is 11.6 Å². The van der Waals surface area contributed by atoms with Crippen LogP contribution in [0.3, 0.4) is 0 Å². The van der Waals surface area contributed by atoms with Gasteiger partial charge < -0.3 is 19.9 Å². The molecule has 0 fully saturated rings. The smallest absolute Gasteiger partial charge is 0.179 e. The van der Waals surface area contributed by atoms with Crippen molar-refractivity contribution in [3.8, 4) is 11.5 Å². The average molecular weight is 302 g/mol. The lowest BCUT2D eigenvalue weighted by Crippen LogP contribution is -2.23. The Morgan fingerprint density at radius 3 is 2.65 bits per heavy atom. The van der Waals surface area contributed by atoms with Gasteiger partial charge in [0.2, 0.25) is 0 Å². The van der Waals surface area contributed by atoms with Crippen molar-refractivity contribution in [3.05, 3.63) is 22.7 Å². The summed E-state index contributed by atoms with van der Waals surface area (Å²) in [6.07, 6.45) is 0.545. The van der Waals surface area contributed by atoms with Crippen molar-refractivity contribution in [3.63, 3.8) is 0 Å². The summed E-state index contributed by atoms with van der Waals surface area (Å²) in [6, 6.07) is 3.79. The van der Waals surface area contributed by atoms with Crippen molar-refractivity contribution >= 4 is 11.6 Å². The first-order valence-corrected chi connectivity index (χ1v) is 7.43. The second-order valence-corrected chi connectivity index (χ2v) is 5.07. The summed E-state index contributed by atoms with van der Waals surface area (Å²) in [5, 5.41) is 12.9. The maximum absolute atomic E-state index is 9.23. The first-order chi connectivity index (χ1) is 9.58. The minimum absolute atomic E-state index is 0.371. The number of hydrogen-bond acceptors (Lipinski definition) is 4. The predicted octanol–water partition coefficient (Wildman–Crippen LogP) is 3.00. The van der Waals surface area contributed by atoms with E-state index in [1.54, 1.807) is 6.92 Å². The molecular weight excluding hydrogens is 278 g/mol. The second-order valence-electron chi connectivity index (χ2n) is 4.67. The number of aliphatic hydroxyl groups excluding tert-OH is 1. The van der Waals surface area contributed by atoms with Crippen LogP contribution in [0, 0.1) is 0 Å². The Hall–Kier alpha value is -0.970. The molecule has 0 aliphatic heterocycles. The van der Waals surface area contributed by atoms with Gasteiger partial charge in [-0.1, -0.05) is 18.5 Å². The number of halogens is 1. The Bertz CT molecular complexity index is 410. The normalized spacial score (nSPS) is 12.2. The quantitative estimate of drug-likeness (QED) is 0.736. The summed E-state index contributed by atoms with van der Waals surface area (Å²) in [4.78, 5) is 0. The van der Waals surface area contributed by atoms with Crippen LogP contribution in [0.1, 0.15) is 32.8 Å². The number of rotatable bonds is 9. The van der Waals surface area contributed by atoms with E-state index in [1.807, 2.05) is 26.0 Å². The lowest BCUT2D eigenvalue weighted by Gasteiger charge is -2.15. The zero-order valence-corrected chi connectivity index (χ0v) is 13.2. The number of aliphatic hydroxyl groups is 1. The topological polar surface area (TPSA) is 50.7 Å². The Kier molecular flexibility index (Phi) is 7.73. The van der Waals surface area contributed by atoms with Gasteiger partial charge >= 0.3 is 0 Å². The molecule has 1 atom stereocenters. The van der Waals surface area contributed by atoms with Gasteiger partial charge in [-0.3, -0.25) is 0 Å². The molecule has 0 unspecified atom stereocenters. The molecule has 0 aliphatic carbocycles. The standard InChI is InChI=1S/C15H24ClNO3/c1-4-6-20-15-13(16)7-12(8-14(15)19-5-2)10-17-9-11(3)18/h7-8,11,17-18H,4-6,9-10H2,1-3H3/t11-/m1/s1. The molecule has 0 saturated heterocycles. The Labute approximate surface area is 126 Å². The Morgan fingerprint density at radius 1 is 1.30 bits per heavy atom. The number of ether oxygens (including phenoxy) is 2. The molecule has 1 aromatic rings. The lowest BCUT2D eigenvalue weighted by atomic mass is 10.2. The van der Waals surface area contributed by atoms with Gasteiger partial charge in [0, 0.05) is 13.1 Å². The predicted molar refractivity (Wildman–Crippen MR) is 81.8 cm³/mol. The molecule has 20 heavy (non-hydrogen) atoms. The van der Waals surface area contributed by atoms with Crippen LogP contribution in [0.5, 0.6) is 11.5 Å². The van der Waals surface area contributed by atoms with E-state index in [0.29, 0.717) is 42.8 Å². The van der Waals surface area contributed by atoms with E-state index < -0.39 is 0 Å². The summed E-state index contributed by atoms with van der Waals surface area (Å²) in [6.45, 7) is 8.04. The molecule has 0 radical (unpaired) electrons. The van der Waals surface area contributed by atoms with Crippen LogP contribution in [0.15, 0.2) is 12.1 Å². The van der Waals surface area contributed by atoms with Crippen LogP contribution in [-0.2, 0) is 6.54 Å². The molecule has 1 rings (SSSR count). The zero-order valence-electron chi connectivity index (χ0n) is 12.4. The Balaban J connectivity index is 2.82. The van der Waals surface area contributed by atoms with Gasteiger partial charge in [0.25, 0.3) is 0 Å². The third kappa shape index (κ3) is 5.57. The maximum Gasteiger partial charge on any atom is 0.179 e. The molecule has 0 saturated carbocycles. The zero-order chi connectivity index (χ0) is 15.0. The third-order valence-corrected chi connectivity index (χ3v) is 2.87. The van der Waals surface area contributed by atoms with Gasteiger partial charge in [0.05, 0.1) is 24.3 Å². The van der Waals surface area contributed by atoms with E-state index >= 15 is 0 Å². The maximum atomic E-state index is 9.23. The van der Waals surface area contributed by atoms with Crippen molar-refractivity contribution in [2.75, 3.05) is 19.8 Å². The van der Waals surface area contributed by atoms with E-state index in [9.17, 15) is 5.11 Å². The first-order valence-electron chi connectivity index (χ1n) is 7.05. The van der Waals surface area contributed by atoms with Gasteiger partial charge in [-0.05, 0) is 38.0 Å². The molecule has 0 aromatic heterocycles. The van der Waals surface area contributed by atoms with E-state index in [1.165, 1.54) is 0 Å². The number of hydrogen-bond donors (Lipinski definition) is 2. The molecule has 114 valence electrons. The van der Waals surface area contributed by atoms with E-state index in [-0.39, 0.29) is 6.10 Å². The molecule has 4 nitrogen and oxygen atoms in total. The molecule has 2 N–H and O–H groups in total. The SMILES string of the molecule is CCCOc1c(Cl)cc(CNC[C@@H](C)O)cc1OCC. The third-order valence-electron chi connectivity index (χ3n) is 2.59. The second kappa shape index (κ2) is 9.06. The van der Waals surface area contributed by atoms with Crippen molar-refractivity contribution < 1.29 is 14.6 Å². The molecular formula is C15H24ClNO3. The largest absolute Gasteiger partial charge is 0.490 e. The van der Waals surface area contributed by atoms with E-state index in [4.69, 9.17) is 21.1 Å². The van der Waals surface area contributed by atoms with Crippen LogP contribution in [0.25, 0.3) is 0 Å². The summed E-state index contributed by atoms with van der Waals surface area (Å²) in [7, 11) is 0. The average Bonchev–Trinajstić information content (AvgIpc) is 2.38. The lowest BCUT2D eigenvalue weighted by molar-refractivity contribution is 0.191. The van der Waals surface area contributed by atoms with Crippen LogP contribution in [-0.4, -0.2) is 31.0 Å². The Morgan fingerprint density at radius 2 is 2.05 bits per heavy atom. The highest BCUT2D eigenvalue weighted by atomic mass is 35.5. The molecule has 0 amide bonds. The van der Waals surface area contributed by atoms with E-state index in [0.717, 1.165) is 12.0 Å². The highest BCUT2D eigenvalue weighted by molar-refractivity contribution is 6.32. The van der Waals surface area contributed by atoms with Gasteiger partial charge in [-0.15, -0.1) is 0 Å². The molecule has 0 heterocycles. The molecule has 0 bridgehead atoms.